The molecule has 0 aliphatic carbocycles. The van der Waals surface area contributed by atoms with Gasteiger partial charge in [-0.3, -0.25) is 12.8 Å². The van der Waals surface area contributed by atoms with Crippen LogP contribution < -0.4 is 0 Å². The number of hydrogen-bond acceptors (Lipinski definition) is 4. The van der Waals surface area contributed by atoms with Gasteiger partial charge in [-0.1, -0.05) is 13.8 Å². The summed E-state index contributed by atoms with van der Waals surface area (Å²) in [7, 11) is 0. The van der Waals surface area contributed by atoms with Gasteiger partial charge in [0.1, 0.15) is 0 Å². The smallest absolute Gasteiger partial charge is 0.334 e. The zero-order chi connectivity index (χ0) is 13.4. The zero-order valence-electron chi connectivity index (χ0n) is 11.5. The molecular formula is C13H20CuN2O2. The van der Waals surface area contributed by atoms with E-state index in [-0.39, 0.29) is 34.7 Å². The predicted octanol–water partition coefficient (Wildman–Crippen LogP) is 1.88. The van der Waals surface area contributed by atoms with E-state index in [1.807, 2.05) is 6.92 Å². The summed E-state index contributed by atoms with van der Waals surface area (Å²) in [5, 5.41) is 0. The van der Waals surface area contributed by atoms with Gasteiger partial charge in [0, 0.05) is 11.6 Å². The molecule has 0 bridgehead atoms. The quantitative estimate of drug-likeness (QED) is 0.409. The van der Waals surface area contributed by atoms with Crippen molar-refractivity contribution >= 4 is 23.0 Å². The van der Waals surface area contributed by atoms with Crippen LogP contribution in [0.25, 0.3) is 0 Å². The van der Waals surface area contributed by atoms with E-state index in [0.29, 0.717) is 18.0 Å². The van der Waals surface area contributed by atoms with Gasteiger partial charge in [-0.15, -0.1) is 11.4 Å². The maximum Gasteiger partial charge on any atom is 2.00 e. The molecule has 1 unspecified atom stereocenters. The molecule has 1 radical (unpaired) electrons. The Labute approximate surface area is 120 Å². The first-order valence-electron chi connectivity index (χ1n) is 5.57. The van der Waals surface area contributed by atoms with Crippen molar-refractivity contribution in [2.45, 2.75) is 40.7 Å². The Balaban J connectivity index is 0. The molecule has 5 heteroatoms. The molecule has 0 N–H and O–H groups in total. The molecule has 0 heterocycles. The molecule has 0 aliphatic heterocycles. The summed E-state index contributed by atoms with van der Waals surface area (Å²) in [4.78, 5) is 30.1. The molecule has 0 aliphatic rings. The van der Waals surface area contributed by atoms with Gasteiger partial charge in [0.2, 0.25) is 0 Å². The van der Waals surface area contributed by atoms with Crippen LogP contribution in [-0.2, 0) is 26.7 Å². The van der Waals surface area contributed by atoms with Crippen LogP contribution in [0, 0.1) is 12.8 Å². The topological polar surface area (TPSA) is 58.9 Å². The van der Waals surface area contributed by atoms with E-state index < -0.39 is 0 Å². The van der Waals surface area contributed by atoms with E-state index in [1.54, 1.807) is 13.8 Å². The number of hydrogen-bond donors (Lipinski definition) is 0. The van der Waals surface area contributed by atoms with E-state index in [0.717, 1.165) is 0 Å². The fraction of sp³-hybridized carbons (Fsp3) is 0.538. The average Bonchev–Trinajstić information content (AvgIpc) is 2.12. The summed E-state index contributed by atoms with van der Waals surface area (Å²) in [5.74, 6) is -0.0217. The molecule has 4 nitrogen and oxygen atoms in total. The Kier molecular flexibility index (Phi) is 10.6. The molecule has 18 heavy (non-hydrogen) atoms. The molecule has 0 saturated carbocycles. The summed E-state index contributed by atoms with van der Waals surface area (Å²) in [6.07, 6.45) is 2.99. The maximum absolute atomic E-state index is 10.8. The van der Waals surface area contributed by atoms with E-state index >= 15 is 0 Å². The van der Waals surface area contributed by atoms with Crippen LogP contribution in [-0.4, -0.2) is 35.6 Å². The molecule has 0 aromatic rings. The van der Waals surface area contributed by atoms with Crippen molar-refractivity contribution in [2.24, 2.45) is 9.98 Å². The third-order valence-corrected chi connectivity index (χ3v) is 1.85. The molecule has 0 aromatic carbocycles. The second kappa shape index (κ2) is 9.92. The van der Waals surface area contributed by atoms with Crippen molar-refractivity contribution in [1.29, 1.82) is 0 Å². The van der Waals surface area contributed by atoms with Crippen LogP contribution in [0.1, 0.15) is 34.6 Å². The number of aliphatic imine (C=N–C) groups is 2. The first-order chi connectivity index (χ1) is 7.81. The molecule has 0 aromatic heterocycles. The Morgan fingerprint density at radius 3 is 1.89 bits per heavy atom. The van der Waals surface area contributed by atoms with Crippen LogP contribution in [0.5, 0.6) is 0 Å². The third kappa shape index (κ3) is 11.4. The number of carbonyl (C=O) groups is 2. The zero-order valence-corrected chi connectivity index (χ0v) is 12.4. The number of rotatable bonds is 7. The van der Waals surface area contributed by atoms with Crippen molar-refractivity contribution in [2.75, 3.05) is 6.54 Å². The number of carbonyl (C=O) groups excluding carboxylic acids is 2. The fourth-order valence-electron chi connectivity index (χ4n) is 1.34. The maximum atomic E-state index is 10.8. The van der Waals surface area contributed by atoms with Crippen molar-refractivity contribution in [3.8, 4) is 0 Å². The van der Waals surface area contributed by atoms with E-state index in [1.165, 1.54) is 26.7 Å². The van der Waals surface area contributed by atoms with Gasteiger partial charge >= 0.3 is 17.1 Å². The van der Waals surface area contributed by atoms with Gasteiger partial charge in [0.05, 0.1) is 12.6 Å². The van der Waals surface area contributed by atoms with E-state index in [4.69, 9.17) is 0 Å². The van der Waals surface area contributed by atoms with Crippen molar-refractivity contribution in [1.82, 2.24) is 0 Å². The molecule has 105 valence electrons. The van der Waals surface area contributed by atoms with Crippen molar-refractivity contribution in [3.05, 3.63) is 12.8 Å². The van der Waals surface area contributed by atoms with Crippen molar-refractivity contribution < 1.29 is 26.7 Å². The fourth-order valence-corrected chi connectivity index (χ4v) is 1.34. The van der Waals surface area contributed by atoms with Gasteiger partial charge in [0.15, 0.2) is 0 Å². The SMILES string of the molecule is CC(=O)[CH-]C(C)=NCC(C)N=C(C)[CH-]C(C)=O.[Cu+2]. The minimum atomic E-state index is -0.0111. The predicted molar refractivity (Wildman–Crippen MR) is 70.5 cm³/mol. The van der Waals surface area contributed by atoms with Gasteiger partial charge in [-0.05, 0) is 20.8 Å². The number of Topliss-reactive ketones (excluding diaryl/α,β-unsaturated/α-hetero) is 2. The molecule has 0 fully saturated rings. The van der Waals surface area contributed by atoms with Crippen LogP contribution in [0.2, 0.25) is 0 Å². The second-order valence-electron chi connectivity index (χ2n) is 4.11. The second-order valence-corrected chi connectivity index (χ2v) is 4.11. The summed E-state index contributed by atoms with van der Waals surface area (Å²) in [6, 6.07) is 0.000841. The summed E-state index contributed by atoms with van der Waals surface area (Å²) in [5.41, 5.74) is 1.40. The van der Waals surface area contributed by atoms with Crippen LogP contribution in [0.15, 0.2) is 9.98 Å². The number of nitrogens with zero attached hydrogens (tertiary/aromatic N) is 2. The summed E-state index contributed by atoms with van der Waals surface area (Å²) < 4.78 is 0. The van der Waals surface area contributed by atoms with Crippen molar-refractivity contribution in [3.63, 3.8) is 0 Å². The van der Waals surface area contributed by atoms with Gasteiger partial charge < -0.3 is 19.6 Å². The Morgan fingerprint density at radius 2 is 1.44 bits per heavy atom. The average molecular weight is 300 g/mol. The monoisotopic (exact) mass is 299 g/mol. The molecule has 0 rings (SSSR count). The van der Waals surface area contributed by atoms with Crippen LogP contribution >= 0.6 is 0 Å². The third-order valence-electron chi connectivity index (χ3n) is 1.85. The van der Waals surface area contributed by atoms with Crippen LogP contribution in [0.3, 0.4) is 0 Å². The Bertz CT molecular complexity index is 349. The normalized spacial score (nSPS) is 13.4. The minimum absolute atomic E-state index is 0. The first-order valence-corrected chi connectivity index (χ1v) is 5.57. The van der Waals surface area contributed by atoms with Crippen LogP contribution in [0.4, 0.5) is 0 Å². The van der Waals surface area contributed by atoms with E-state index in [2.05, 4.69) is 9.98 Å². The molecule has 0 saturated heterocycles. The largest absolute Gasteiger partial charge is 2.00 e. The molecule has 0 amide bonds. The van der Waals surface area contributed by atoms with Gasteiger partial charge in [-0.25, -0.2) is 0 Å². The van der Waals surface area contributed by atoms with Gasteiger partial charge in [0.25, 0.3) is 0 Å². The number of ketones is 2. The standard InChI is InChI=1S/C13H20N2O2.Cu/c1-9(6-12(4)16)14-8-11(3)15-10(2)7-13(5)17;/h6-7,11H,8H2,1-5H3;/q-2;+2. The van der Waals surface area contributed by atoms with Gasteiger partial charge in [-0.2, -0.15) is 0 Å². The van der Waals surface area contributed by atoms with E-state index in [9.17, 15) is 9.59 Å². The summed E-state index contributed by atoms with van der Waals surface area (Å²) >= 11 is 0. The summed E-state index contributed by atoms with van der Waals surface area (Å²) in [6.45, 7) is 8.99. The Hall–Kier alpha value is -1.06. The molecule has 0 spiro atoms. The minimum Gasteiger partial charge on any atom is -0.334 e. The molecular weight excluding hydrogens is 280 g/mol. The first kappa shape index (κ1) is 19.3. The molecule has 1 atom stereocenters. The Morgan fingerprint density at radius 1 is 1.00 bits per heavy atom.